The molecule has 0 spiro atoms. The lowest BCUT2D eigenvalue weighted by Crippen LogP contribution is -3.00. The minimum atomic E-state index is 0. The molecule has 0 aliphatic heterocycles. The first-order valence-electron chi connectivity index (χ1n) is 9.63. The highest BCUT2D eigenvalue weighted by Crippen LogP contribution is 1.97. The van der Waals surface area contributed by atoms with Crippen LogP contribution in [0.3, 0.4) is 0 Å². The molecule has 0 atom stereocenters. The molecule has 0 aliphatic rings. The molecule has 0 aliphatic carbocycles. The van der Waals surface area contributed by atoms with Crippen molar-refractivity contribution in [3.8, 4) is 23.7 Å². The van der Waals surface area contributed by atoms with Crippen LogP contribution in [0.4, 0.5) is 0 Å². The van der Waals surface area contributed by atoms with Crippen LogP contribution in [0.2, 0.25) is 0 Å². The summed E-state index contributed by atoms with van der Waals surface area (Å²) in [5, 5.41) is 0. The normalized spacial score (nSPS) is 9.07. The van der Waals surface area contributed by atoms with E-state index in [1.54, 1.807) is 0 Å². The summed E-state index contributed by atoms with van der Waals surface area (Å²) in [7, 11) is 0. The number of unbranched alkanes of at least 4 members (excludes halogenated alkanes) is 4. The summed E-state index contributed by atoms with van der Waals surface area (Å²) in [6, 6.07) is 12.6. The van der Waals surface area contributed by atoms with Gasteiger partial charge in [-0.05, 0) is 24.7 Å². The van der Waals surface area contributed by atoms with Crippen molar-refractivity contribution in [3.05, 3.63) is 60.2 Å². The van der Waals surface area contributed by atoms with Gasteiger partial charge in [0.2, 0.25) is 0 Å². The lowest BCUT2D eigenvalue weighted by Gasteiger charge is -1.98. The topological polar surface area (TPSA) is 7.76 Å². The number of nitrogens with zero attached hydrogens (tertiary/aromatic N) is 2. The molecule has 2 rings (SSSR count). The van der Waals surface area contributed by atoms with Gasteiger partial charge in [0.1, 0.15) is 13.1 Å². The molecule has 0 unspecified atom stereocenters. The van der Waals surface area contributed by atoms with Gasteiger partial charge in [0.25, 0.3) is 0 Å². The third-order valence-corrected chi connectivity index (χ3v) is 4.48. The zero-order valence-corrected chi connectivity index (χ0v) is 18.4. The van der Waals surface area contributed by atoms with E-state index in [1.807, 2.05) is 0 Å². The van der Waals surface area contributed by atoms with Gasteiger partial charge < -0.3 is 24.8 Å². The van der Waals surface area contributed by atoms with Crippen LogP contribution in [0, 0.1) is 37.5 Å². The highest BCUT2D eigenvalue weighted by Gasteiger charge is 2.03. The molecule has 0 saturated heterocycles. The predicted molar refractivity (Wildman–Crippen MR) is 106 cm³/mol. The molecule has 28 heavy (non-hydrogen) atoms. The quantitative estimate of drug-likeness (QED) is 0.265. The van der Waals surface area contributed by atoms with Gasteiger partial charge in [-0.3, -0.25) is 0 Å². The van der Waals surface area contributed by atoms with Crippen molar-refractivity contribution in [3.63, 3.8) is 0 Å². The zero-order chi connectivity index (χ0) is 18.5. The third-order valence-electron chi connectivity index (χ3n) is 4.48. The van der Waals surface area contributed by atoms with Gasteiger partial charge in [-0.25, -0.2) is 9.13 Å². The first-order chi connectivity index (χ1) is 12.8. The van der Waals surface area contributed by atoms with E-state index in [4.69, 9.17) is 0 Å². The molecule has 2 aromatic heterocycles. The Morgan fingerprint density at radius 2 is 1.07 bits per heavy atom. The largest absolute Gasteiger partial charge is 1.00 e. The van der Waals surface area contributed by atoms with Crippen LogP contribution in [-0.4, -0.2) is 0 Å². The van der Waals surface area contributed by atoms with E-state index in [-0.39, 0.29) is 24.8 Å². The Morgan fingerprint density at radius 1 is 0.643 bits per heavy atom. The monoisotopic (exact) mass is 416 g/mol. The van der Waals surface area contributed by atoms with Crippen LogP contribution in [0.5, 0.6) is 0 Å². The van der Waals surface area contributed by atoms with E-state index in [0.717, 1.165) is 51.6 Å². The number of halogens is 2. The third kappa shape index (κ3) is 10.4. The highest BCUT2D eigenvalue weighted by molar-refractivity contribution is 5.25. The van der Waals surface area contributed by atoms with Gasteiger partial charge in [0.05, 0.1) is 0 Å². The molecule has 4 heteroatoms. The molecule has 0 bridgehead atoms. The standard InChI is InChI=1S/C24H30N2.2ClH/c1-23-17-11-15-21-25(23)19-13-9-7-5-3-4-6-8-10-14-20-26-22-16-12-18-24(26)2;;/h11-12,15-18,21-22H,7-10,13-14,19-20H2,1-2H3;2*1H/q+2;;/p-2. The Balaban J connectivity index is 0.00000364. The van der Waals surface area contributed by atoms with Crippen molar-refractivity contribution < 1.29 is 33.9 Å². The van der Waals surface area contributed by atoms with Gasteiger partial charge >= 0.3 is 0 Å². The number of aromatic nitrogens is 2. The SMILES string of the molecule is Cc1cccc[n+]1CCCCC#CC#CCCCC[n+]1ccccc1C.[Cl-].[Cl-]. The summed E-state index contributed by atoms with van der Waals surface area (Å²) in [4.78, 5) is 0. The average molecular weight is 417 g/mol. The molecule has 0 radical (unpaired) electrons. The van der Waals surface area contributed by atoms with E-state index >= 15 is 0 Å². The molecule has 0 fully saturated rings. The van der Waals surface area contributed by atoms with Gasteiger partial charge in [0.15, 0.2) is 23.8 Å². The molecular weight excluding hydrogens is 387 g/mol. The van der Waals surface area contributed by atoms with Crippen molar-refractivity contribution >= 4 is 0 Å². The summed E-state index contributed by atoms with van der Waals surface area (Å²) >= 11 is 0. The fourth-order valence-electron chi connectivity index (χ4n) is 2.83. The zero-order valence-electron chi connectivity index (χ0n) is 16.9. The van der Waals surface area contributed by atoms with Crippen molar-refractivity contribution in [1.82, 2.24) is 0 Å². The van der Waals surface area contributed by atoms with Crippen LogP contribution in [0.25, 0.3) is 0 Å². The number of pyridine rings is 2. The van der Waals surface area contributed by atoms with Gasteiger partial charge in [-0.1, -0.05) is 24.0 Å². The van der Waals surface area contributed by atoms with Crippen molar-refractivity contribution in [2.45, 2.75) is 65.5 Å². The summed E-state index contributed by atoms with van der Waals surface area (Å²) in [6.45, 7) is 6.43. The second kappa shape index (κ2) is 16.0. The molecule has 150 valence electrons. The van der Waals surface area contributed by atoms with Crippen LogP contribution >= 0.6 is 0 Å². The molecule has 2 nitrogen and oxygen atoms in total. The van der Waals surface area contributed by atoms with E-state index < -0.39 is 0 Å². The molecule has 0 amide bonds. The summed E-state index contributed by atoms with van der Waals surface area (Å²) in [5.74, 6) is 12.3. The van der Waals surface area contributed by atoms with Crippen molar-refractivity contribution in [2.24, 2.45) is 0 Å². The number of rotatable bonds is 8. The van der Waals surface area contributed by atoms with E-state index in [2.05, 4.69) is 95.5 Å². The first kappa shape index (κ1) is 26.0. The predicted octanol–water partition coefficient (Wildman–Crippen LogP) is -2.07. The van der Waals surface area contributed by atoms with E-state index in [9.17, 15) is 0 Å². The van der Waals surface area contributed by atoms with E-state index in [1.165, 1.54) is 11.4 Å². The molecule has 0 aromatic carbocycles. The van der Waals surface area contributed by atoms with Crippen LogP contribution in [0.15, 0.2) is 48.8 Å². The molecule has 0 saturated carbocycles. The minimum Gasteiger partial charge on any atom is -1.00 e. The Kier molecular flexibility index (Phi) is 14.9. The summed E-state index contributed by atoms with van der Waals surface area (Å²) in [5.41, 5.74) is 2.62. The Morgan fingerprint density at radius 3 is 1.46 bits per heavy atom. The summed E-state index contributed by atoms with van der Waals surface area (Å²) < 4.78 is 4.59. The fourth-order valence-corrected chi connectivity index (χ4v) is 2.83. The lowest BCUT2D eigenvalue weighted by molar-refractivity contribution is -0.703. The van der Waals surface area contributed by atoms with Crippen molar-refractivity contribution in [2.75, 3.05) is 0 Å². The Hall–Kier alpha value is -2.00. The maximum Gasteiger partial charge on any atom is 0.178 e. The van der Waals surface area contributed by atoms with Gasteiger partial charge in [-0.15, -0.1) is 0 Å². The number of hydrogen-bond donors (Lipinski definition) is 0. The van der Waals surface area contributed by atoms with Crippen LogP contribution in [-0.2, 0) is 13.1 Å². The second-order valence-corrected chi connectivity index (χ2v) is 6.59. The maximum atomic E-state index is 3.17. The smallest absolute Gasteiger partial charge is 0.178 e. The lowest BCUT2D eigenvalue weighted by atomic mass is 10.2. The molecule has 0 N–H and O–H groups in total. The number of aryl methyl sites for hydroxylation is 4. The van der Waals surface area contributed by atoms with Gasteiger partial charge in [-0.2, -0.15) is 0 Å². The second-order valence-electron chi connectivity index (χ2n) is 6.59. The van der Waals surface area contributed by atoms with Crippen molar-refractivity contribution in [1.29, 1.82) is 0 Å². The molecular formula is C24H30Cl2N2. The number of hydrogen-bond acceptors (Lipinski definition) is 0. The first-order valence-corrected chi connectivity index (χ1v) is 9.63. The Bertz CT molecular complexity index is 741. The van der Waals surface area contributed by atoms with Crippen LogP contribution in [0.1, 0.15) is 49.9 Å². The van der Waals surface area contributed by atoms with Gasteiger partial charge in [0, 0.05) is 63.8 Å². The molecule has 2 heterocycles. The average Bonchev–Trinajstić information content (AvgIpc) is 2.65. The highest BCUT2D eigenvalue weighted by atomic mass is 35.5. The van der Waals surface area contributed by atoms with E-state index in [0.29, 0.717) is 0 Å². The molecule has 2 aromatic rings. The minimum absolute atomic E-state index is 0. The fraction of sp³-hybridized carbons (Fsp3) is 0.417. The summed E-state index contributed by atoms with van der Waals surface area (Å²) in [6.07, 6.45) is 10.7. The maximum absolute atomic E-state index is 3.17. The Labute approximate surface area is 183 Å². The van der Waals surface area contributed by atoms with Crippen LogP contribution < -0.4 is 33.9 Å².